The van der Waals surface area contributed by atoms with Gasteiger partial charge in [-0.1, -0.05) is 11.6 Å². The van der Waals surface area contributed by atoms with Gasteiger partial charge in [0.05, 0.1) is 22.4 Å². The van der Waals surface area contributed by atoms with Crippen LogP contribution in [0.25, 0.3) is 0 Å². The predicted octanol–water partition coefficient (Wildman–Crippen LogP) is 2.74. The maximum Gasteiger partial charge on any atom is 0.355 e. The summed E-state index contributed by atoms with van der Waals surface area (Å²) >= 11 is 7.22. The number of halogens is 1. The van der Waals surface area contributed by atoms with Gasteiger partial charge < -0.3 is 10.0 Å². The van der Waals surface area contributed by atoms with Crippen LogP contribution in [0.1, 0.15) is 28.3 Å². The zero-order chi connectivity index (χ0) is 15.5. The third kappa shape index (κ3) is 3.53. The summed E-state index contributed by atoms with van der Waals surface area (Å²) in [7, 11) is 0. The summed E-state index contributed by atoms with van der Waals surface area (Å²) in [6.07, 6.45) is 6.10. The van der Waals surface area contributed by atoms with Gasteiger partial charge >= 0.3 is 5.97 Å². The SMILES string of the molecule is O=C(O)c1csc(CC2CCN(c3ncc(Cl)cn3)CC2)n1. The first kappa shape index (κ1) is 15.2. The van der Waals surface area contributed by atoms with Crippen LogP contribution in [0, 0.1) is 5.92 Å². The topological polar surface area (TPSA) is 79.2 Å². The maximum atomic E-state index is 10.8. The van der Waals surface area contributed by atoms with Crippen LogP contribution in [-0.4, -0.2) is 39.1 Å². The van der Waals surface area contributed by atoms with Crippen molar-refractivity contribution < 1.29 is 9.90 Å². The number of hydrogen-bond acceptors (Lipinski definition) is 6. The fourth-order valence-corrected chi connectivity index (χ4v) is 3.54. The van der Waals surface area contributed by atoms with Crippen molar-refractivity contribution in [3.8, 4) is 0 Å². The number of rotatable bonds is 4. The third-order valence-electron chi connectivity index (χ3n) is 3.74. The first-order chi connectivity index (χ1) is 10.6. The van der Waals surface area contributed by atoms with Gasteiger partial charge in [0.25, 0.3) is 0 Å². The number of nitrogens with zero attached hydrogens (tertiary/aromatic N) is 4. The predicted molar refractivity (Wildman–Crippen MR) is 84.8 cm³/mol. The standard InChI is InChI=1S/C14H15ClN4O2S/c15-10-6-16-14(17-7-10)19-3-1-9(2-4-19)5-12-18-11(8-22-12)13(20)21/h6-9H,1-5H2,(H,20,21). The van der Waals surface area contributed by atoms with Crippen LogP contribution in [0.15, 0.2) is 17.8 Å². The average Bonchev–Trinajstić information content (AvgIpc) is 2.98. The summed E-state index contributed by atoms with van der Waals surface area (Å²) in [5, 5.41) is 11.9. The van der Waals surface area contributed by atoms with E-state index in [1.807, 2.05) is 0 Å². The van der Waals surface area contributed by atoms with E-state index in [9.17, 15) is 4.79 Å². The Hall–Kier alpha value is -1.73. The van der Waals surface area contributed by atoms with E-state index >= 15 is 0 Å². The summed E-state index contributed by atoms with van der Waals surface area (Å²) in [5.74, 6) is 0.277. The Kier molecular flexibility index (Phi) is 4.54. The zero-order valence-electron chi connectivity index (χ0n) is 11.8. The van der Waals surface area contributed by atoms with Crippen LogP contribution in [0.2, 0.25) is 5.02 Å². The lowest BCUT2D eigenvalue weighted by atomic mass is 9.94. The molecule has 8 heteroatoms. The van der Waals surface area contributed by atoms with Crippen molar-refractivity contribution >= 4 is 34.9 Å². The zero-order valence-corrected chi connectivity index (χ0v) is 13.3. The van der Waals surface area contributed by atoms with Crippen LogP contribution < -0.4 is 4.90 Å². The molecule has 2 aromatic heterocycles. The minimum atomic E-state index is -0.961. The van der Waals surface area contributed by atoms with Crippen LogP contribution in [0.3, 0.4) is 0 Å². The molecular weight excluding hydrogens is 324 g/mol. The second-order valence-electron chi connectivity index (χ2n) is 5.27. The summed E-state index contributed by atoms with van der Waals surface area (Å²) < 4.78 is 0. The van der Waals surface area contributed by atoms with Crippen LogP contribution >= 0.6 is 22.9 Å². The molecule has 0 saturated carbocycles. The number of thiazole rings is 1. The van der Waals surface area contributed by atoms with Gasteiger partial charge in [0.2, 0.25) is 5.95 Å². The molecule has 3 rings (SSSR count). The Morgan fingerprint density at radius 1 is 1.36 bits per heavy atom. The van der Waals surface area contributed by atoms with Gasteiger partial charge in [0.1, 0.15) is 0 Å². The normalized spacial score (nSPS) is 16.0. The lowest BCUT2D eigenvalue weighted by Gasteiger charge is -2.31. The van der Waals surface area contributed by atoms with E-state index in [2.05, 4.69) is 19.9 Å². The average molecular weight is 339 g/mol. The number of aromatic nitrogens is 3. The van der Waals surface area contributed by atoms with Crippen molar-refractivity contribution in [2.24, 2.45) is 5.92 Å². The van der Waals surface area contributed by atoms with E-state index in [4.69, 9.17) is 16.7 Å². The lowest BCUT2D eigenvalue weighted by molar-refractivity contribution is 0.0691. The molecule has 0 aromatic carbocycles. The molecular formula is C14H15ClN4O2S. The van der Waals surface area contributed by atoms with Gasteiger partial charge in [0, 0.05) is 24.9 Å². The number of hydrogen-bond donors (Lipinski definition) is 1. The highest BCUT2D eigenvalue weighted by Gasteiger charge is 2.22. The highest BCUT2D eigenvalue weighted by Crippen LogP contribution is 2.25. The molecule has 1 N–H and O–H groups in total. The summed E-state index contributed by atoms with van der Waals surface area (Å²) in [6.45, 7) is 1.78. The molecule has 0 amide bonds. The Labute approximate surface area is 136 Å². The molecule has 0 aliphatic carbocycles. The van der Waals surface area contributed by atoms with E-state index in [1.165, 1.54) is 11.3 Å². The number of carbonyl (C=O) groups is 1. The van der Waals surface area contributed by atoms with Crippen LogP contribution in [0.4, 0.5) is 5.95 Å². The Bertz CT molecular complexity index is 653. The fourth-order valence-electron chi connectivity index (χ4n) is 2.56. The molecule has 1 fully saturated rings. The highest BCUT2D eigenvalue weighted by atomic mass is 35.5. The first-order valence-corrected chi connectivity index (χ1v) is 8.28. The summed E-state index contributed by atoms with van der Waals surface area (Å²) in [6, 6.07) is 0. The Morgan fingerprint density at radius 2 is 2.05 bits per heavy atom. The first-order valence-electron chi connectivity index (χ1n) is 7.02. The van der Waals surface area contributed by atoms with E-state index in [0.29, 0.717) is 16.9 Å². The molecule has 1 saturated heterocycles. The monoisotopic (exact) mass is 338 g/mol. The van der Waals surface area contributed by atoms with E-state index in [0.717, 1.165) is 37.4 Å². The molecule has 2 aromatic rings. The van der Waals surface area contributed by atoms with Gasteiger partial charge in [-0.15, -0.1) is 11.3 Å². The third-order valence-corrected chi connectivity index (χ3v) is 4.80. The molecule has 0 atom stereocenters. The van der Waals surface area contributed by atoms with Gasteiger partial charge in [0.15, 0.2) is 5.69 Å². The number of anilines is 1. The van der Waals surface area contributed by atoms with Crippen molar-refractivity contribution in [1.29, 1.82) is 0 Å². The minimum absolute atomic E-state index is 0.145. The molecule has 3 heterocycles. The van der Waals surface area contributed by atoms with Crippen molar-refractivity contribution in [3.63, 3.8) is 0 Å². The Balaban J connectivity index is 1.55. The Morgan fingerprint density at radius 3 is 2.64 bits per heavy atom. The van der Waals surface area contributed by atoms with E-state index in [-0.39, 0.29) is 5.69 Å². The summed E-state index contributed by atoms with van der Waals surface area (Å²) in [5.41, 5.74) is 0.145. The molecule has 116 valence electrons. The number of piperidine rings is 1. The lowest BCUT2D eigenvalue weighted by Crippen LogP contribution is -2.35. The van der Waals surface area contributed by atoms with Crippen molar-refractivity contribution in [3.05, 3.63) is 33.5 Å². The van der Waals surface area contributed by atoms with E-state index in [1.54, 1.807) is 17.8 Å². The van der Waals surface area contributed by atoms with Gasteiger partial charge in [-0.3, -0.25) is 0 Å². The summed E-state index contributed by atoms with van der Waals surface area (Å²) in [4.78, 5) is 25.6. The molecule has 0 radical (unpaired) electrons. The highest BCUT2D eigenvalue weighted by molar-refractivity contribution is 7.09. The second kappa shape index (κ2) is 6.58. The fraction of sp³-hybridized carbons (Fsp3) is 0.429. The van der Waals surface area contributed by atoms with Crippen molar-refractivity contribution in [1.82, 2.24) is 15.0 Å². The van der Waals surface area contributed by atoms with Crippen LogP contribution in [0.5, 0.6) is 0 Å². The quantitative estimate of drug-likeness (QED) is 0.923. The molecule has 0 spiro atoms. The molecule has 1 aliphatic rings. The van der Waals surface area contributed by atoms with Gasteiger partial charge in [-0.05, 0) is 18.8 Å². The smallest absolute Gasteiger partial charge is 0.355 e. The second-order valence-corrected chi connectivity index (χ2v) is 6.65. The molecule has 0 bridgehead atoms. The largest absolute Gasteiger partial charge is 0.476 e. The van der Waals surface area contributed by atoms with Gasteiger partial charge in [-0.2, -0.15) is 0 Å². The van der Waals surface area contributed by atoms with Gasteiger partial charge in [-0.25, -0.2) is 19.7 Å². The maximum absolute atomic E-state index is 10.8. The van der Waals surface area contributed by atoms with E-state index < -0.39 is 5.97 Å². The number of carboxylic acid groups (broad SMARTS) is 1. The molecule has 0 unspecified atom stereocenters. The van der Waals surface area contributed by atoms with Crippen molar-refractivity contribution in [2.75, 3.05) is 18.0 Å². The number of carboxylic acids is 1. The molecule has 22 heavy (non-hydrogen) atoms. The number of aromatic carboxylic acids is 1. The molecule has 1 aliphatic heterocycles. The van der Waals surface area contributed by atoms with Crippen LogP contribution in [-0.2, 0) is 6.42 Å². The van der Waals surface area contributed by atoms with Crippen molar-refractivity contribution in [2.45, 2.75) is 19.3 Å². The molecule has 6 nitrogen and oxygen atoms in total. The minimum Gasteiger partial charge on any atom is -0.476 e.